The van der Waals surface area contributed by atoms with Crippen LogP contribution in [0.1, 0.15) is 24.7 Å². The Morgan fingerprint density at radius 3 is 3.09 bits per heavy atom. The molecule has 1 N–H and O–H groups in total. The van der Waals surface area contributed by atoms with Crippen molar-refractivity contribution in [1.29, 1.82) is 0 Å². The van der Waals surface area contributed by atoms with Crippen molar-refractivity contribution in [3.05, 3.63) is 33.3 Å². The first kappa shape index (κ1) is 15.1. The summed E-state index contributed by atoms with van der Waals surface area (Å²) in [6.45, 7) is 3.20. The van der Waals surface area contributed by atoms with Gasteiger partial charge in [-0.2, -0.15) is 14.9 Å². The summed E-state index contributed by atoms with van der Waals surface area (Å²) in [5, 5.41) is 11.7. The number of hydrogen-bond acceptors (Lipinski definition) is 5. The smallest absolute Gasteiger partial charge is 0.216 e. The number of aromatic nitrogens is 3. The summed E-state index contributed by atoms with van der Waals surface area (Å²) in [5.41, 5.74) is 0.805. The highest BCUT2D eigenvalue weighted by Crippen LogP contribution is 2.37. The molecule has 116 valence electrons. The van der Waals surface area contributed by atoms with Gasteiger partial charge in [0, 0.05) is 12.8 Å². The van der Waals surface area contributed by atoms with Gasteiger partial charge in [-0.25, -0.2) is 0 Å². The van der Waals surface area contributed by atoms with Gasteiger partial charge in [-0.15, -0.1) is 0 Å². The third-order valence-electron chi connectivity index (χ3n) is 3.18. The van der Waals surface area contributed by atoms with Gasteiger partial charge < -0.3 is 9.47 Å². The van der Waals surface area contributed by atoms with Crippen molar-refractivity contribution >= 4 is 30.0 Å². The minimum Gasteiger partial charge on any atom is -0.489 e. The van der Waals surface area contributed by atoms with E-state index in [2.05, 4.69) is 15.3 Å². The number of rotatable bonds is 3. The Morgan fingerprint density at radius 2 is 2.27 bits per heavy atom. The number of nitrogens with zero attached hydrogens (tertiary/aromatic N) is 3. The van der Waals surface area contributed by atoms with E-state index in [1.807, 2.05) is 13.0 Å². The first-order valence-electron chi connectivity index (χ1n) is 6.99. The quantitative estimate of drug-likeness (QED) is 0.689. The van der Waals surface area contributed by atoms with Crippen molar-refractivity contribution in [3.63, 3.8) is 0 Å². The van der Waals surface area contributed by atoms with Gasteiger partial charge in [0.1, 0.15) is 0 Å². The SMILES string of the molecule is CCc1n[nH]c(=S)n1/N=C\c1cc(Cl)c2c(c1)OCCCO2. The number of aryl methyl sites for hydroxylation is 1. The van der Waals surface area contributed by atoms with Crippen LogP contribution in [0.4, 0.5) is 0 Å². The maximum atomic E-state index is 6.26. The number of nitrogens with one attached hydrogen (secondary N) is 1. The molecule has 0 saturated carbocycles. The van der Waals surface area contributed by atoms with Crippen LogP contribution in [0, 0.1) is 4.77 Å². The molecule has 1 aliphatic heterocycles. The van der Waals surface area contributed by atoms with E-state index in [1.54, 1.807) is 17.0 Å². The number of aromatic amines is 1. The Morgan fingerprint density at radius 1 is 1.45 bits per heavy atom. The molecule has 0 bridgehead atoms. The summed E-state index contributed by atoms with van der Waals surface area (Å²) in [4.78, 5) is 0. The van der Waals surface area contributed by atoms with Crippen molar-refractivity contribution in [2.75, 3.05) is 13.2 Å². The first-order valence-corrected chi connectivity index (χ1v) is 7.77. The average Bonchev–Trinajstić information content (AvgIpc) is 2.71. The molecule has 0 radical (unpaired) electrons. The fourth-order valence-corrected chi connectivity index (χ4v) is 2.59. The normalized spacial score (nSPS) is 14.3. The topological polar surface area (TPSA) is 64.4 Å². The lowest BCUT2D eigenvalue weighted by molar-refractivity contribution is 0.297. The lowest BCUT2D eigenvalue weighted by Crippen LogP contribution is -1.98. The fourth-order valence-electron chi connectivity index (χ4n) is 2.12. The van der Waals surface area contributed by atoms with E-state index < -0.39 is 0 Å². The molecule has 1 aliphatic rings. The maximum Gasteiger partial charge on any atom is 0.216 e. The highest BCUT2D eigenvalue weighted by molar-refractivity contribution is 7.71. The molecule has 2 heterocycles. The third kappa shape index (κ3) is 3.00. The van der Waals surface area contributed by atoms with Gasteiger partial charge >= 0.3 is 0 Å². The van der Waals surface area contributed by atoms with Crippen LogP contribution in [0.2, 0.25) is 5.02 Å². The highest BCUT2D eigenvalue weighted by atomic mass is 35.5. The molecule has 1 aromatic heterocycles. The van der Waals surface area contributed by atoms with E-state index in [-0.39, 0.29) is 0 Å². The molecule has 0 spiro atoms. The van der Waals surface area contributed by atoms with Crippen LogP contribution in [-0.4, -0.2) is 34.3 Å². The van der Waals surface area contributed by atoms with E-state index in [0.717, 1.165) is 24.2 Å². The minimum atomic E-state index is 0.452. The van der Waals surface area contributed by atoms with E-state index >= 15 is 0 Å². The number of fused-ring (bicyclic) bond motifs is 1. The summed E-state index contributed by atoms with van der Waals surface area (Å²) in [7, 11) is 0. The summed E-state index contributed by atoms with van der Waals surface area (Å²) >= 11 is 11.4. The molecular weight excluding hydrogens is 324 g/mol. The van der Waals surface area contributed by atoms with Crippen LogP contribution in [0.3, 0.4) is 0 Å². The molecule has 0 unspecified atom stereocenters. The highest BCUT2D eigenvalue weighted by Gasteiger charge is 2.15. The fraction of sp³-hybridized carbons (Fsp3) is 0.357. The molecule has 6 nitrogen and oxygen atoms in total. The van der Waals surface area contributed by atoms with Gasteiger partial charge in [0.05, 0.1) is 24.5 Å². The van der Waals surface area contributed by atoms with Crippen LogP contribution in [0.25, 0.3) is 0 Å². The van der Waals surface area contributed by atoms with E-state index in [9.17, 15) is 0 Å². The molecule has 0 saturated heterocycles. The molecule has 3 rings (SSSR count). The second-order valence-corrected chi connectivity index (χ2v) is 5.53. The van der Waals surface area contributed by atoms with Gasteiger partial charge in [-0.3, -0.25) is 5.10 Å². The van der Waals surface area contributed by atoms with Crippen molar-refractivity contribution < 1.29 is 9.47 Å². The Hall–Kier alpha value is -1.86. The van der Waals surface area contributed by atoms with Gasteiger partial charge in [-0.05, 0) is 29.9 Å². The van der Waals surface area contributed by atoms with Crippen molar-refractivity contribution in [3.8, 4) is 11.5 Å². The summed E-state index contributed by atoms with van der Waals surface area (Å²) in [6, 6.07) is 3.64. The van der Waals surface area contributed by atoms with Crippen LogP contribution < -0.4 is 9.47 Å². The Kier molecular flexibility index (Phi) is 4.44. The molecule has 0 amide bonds. The predicted molar refractivity (Wildman–Crippen MR) is 86.8 cm³/mol. The zero-order chi connectivity index (χ0) is 15.5. The van der Waals surface area contributed by atoms with Crippen LogP contribution in [0.15, 0.2) is 17.2 Å². The summed E-state index contributed by atoms with van der Waals surface area (Å²) in [5.74, 6) is 1.99. The zero-order valence-electron chi connectivity index (χ0n) is 12.0. The number of H-pyrrole nitrogens is 1. The zero-order valence-corrected chi connectivity index (χ0v) is 13.6. The van der Waals surface area contributed by atoms with Crippen LogP contribution in [0.5, 0.6) is 11.5 Å². The van der Waals surface area contributed by atoms with Gasteiger partial charge in [-0.1, -0.05) is 18.5 Å². The van der Waals surface area contributed by atoms with E-state index in [0.29, 0.717) is 34.5 Å². The van der Waals surface area contributed by atoms with Gasteiger partial charge in [0.15, 0.2) is 17.3 Å². The molecule has 0 aliphatic carbocycles. The molecular formula is C14H15ClN4O2S. The average molecular weight is 339 g/mol. The molecule has 2 aromatic rings. The number of benzene rings is 1. The van der Waals surface area contributed by atoms with E-state index in [1.165, 1.54) is 0 Å². The molecule has 22 heavy (non-hydrogen) atoms. The Balaban J connectivity index is 1.94. The lowest BCUT2D eigenvalue weighted by atomic mass is 10.2. The monoisotopic (exact) mass is 338 g/mol. The van der Waals surface area contributed by atoms with Gasteiger partial charge in [0.25, 0.3) is 0 Å². The van der Waals surface area contributed by atoms with Crippen molar-refractivity contribution in [1.82, 2.24) is 14.9 Å². The lowest BCUT2D eigenvalue weighted by Gasteiger charge is -2.09. The molecule has 8 heteroatoms. The van der Waals surface area contributed by atoms with Gasteiger partial charge in [0.2, 0.25) is 4.77 Å². The van der Waals surface area contributed by atoms with Crippen LogP contribution in [-0.2, 0) is 6.42 Å². The first-order chi connectivity index (χ1) is 10.7. The molecule has 1 aromatic carbocycles. The number of halogens is 1. The molecule has 0 fully saturated rings. The predicted octanol–water partition coefficient (Wildman–Crippen LogP) is 3.20. The standard InChI is InChI=1S/C14H15ClN4O2S/c1-2-12-17-18-14(22)19(12)16-8-9-6-10(15)13-11(7-9)20-4-3-5-21-13/h6-8H,2-5H2,1H3,(H,18,22)/b16-8-. The van der Waals surface area contributed by atoms with Crippen molar-refractivity contribution in [2.24, 2.45) is 5.10 Å². The number of ether oxygens (including phenoxy) is 2. The Labute approximate surface area is 137 Å². The largest absolute Gasteiger partial charge is 0.489 e. The van der Waals surface area contributed by atoms with Crippen LogP contribution >= 0.6 is 23.8 Å². The third-order valence-corrected chi connectivity index (χ3v) is 3.73. The van der Waals surface area contributed by atoms with E-state index in [4.69, 9.17) is 33.3 Å². The number of hydrogen-bond donors (Lipinski definition) is 1. The maximum absolute atomic E-state index is 6.26. The minimum absolute atomic E-state index is 0.452. The Bertz CT molecular complexity index is 769. The summed E-state index contributed by atoms with van der Waals surface area (Å²) in [6.07, 6.45) is 3.23. The summed E-state index contributed by atoms with van der Waals surface area (Å²) < 4.78 is 13.3. The van der Waals surface area contributed by atoms with Crippen molar-refractivity contribution in [2.45, 2.75) is 19.8 Å². The second kappa shape index (κ2) is 6.50. The second-order valence-electron chi connectivity index (χ2n) is 4.74. The molecule has 0 atom stereocenters.